The van der Waals surface area contributed by atoms with E-state index in [1.807, 2.05) is 13.0 Å². The van der Waals surface area contributed by atoms with Crippen LogP contribution < -0.4 is 10.0 Å². The van der Waals surface area contributed by atoms with Gasteiger partial charge in [-0.05, 0) is 48.2 Å². The van der Waals surface area contributed by atoms with Crippen LogP contribution in [0.1, 0.15) is 86.5 Å². The molecule has 2 aromatic carbocycles. The number of ether oxygens (including phenoxy) is 2. The lowest BCUT2D eigenvalue weighted by Crippen LogP contribution is -2.24. The Bertz CT molecular complexity index is 898. The molecule has 0 radical (unpaired) electrons. The van der Waals surface area contributed by atoms with E-state index in [1.54, 1.807) is 7.11 Å². The normalized spacial score (nSPS) is 14.1. The van der Waals surface area contributed by atoms with Crippen LogP contribution in [0, 0.1) is 13.8 Å². The molecule has 3 nitrogen and oxygen atoms in total. The van der Waals surface area contributed by atoms with Crippen molar-refractivity contribution in [1.29, 1.82) is 0 Å². The second kappa shape index (κ2) is 10.7. The first-order valence-electron chi connectivity index (χ1n) is 11.2. The molecule has 0 aliphatic carbocycles. The van der Waals surface area contributed by atoms with E-state index in [9.17, 15) is 4.79 Å². The molecule has 0 spiro atoms. The largest absolute Gasteiger partial charge is 0.467 e. The SMILES string of the molecule is CCCCC(C)(Pc1ccc(C)cc1C=O)c1cc(C(C)(C)C)cc(C)c1OCOC. The standard InChI is InChI=1S/C27H39O3P/c1-9-10-13-27(7,31-24-12-11-19(2)14-21(24)17-28)23-16-22(26(4,5)6)15-20(3)25(23)30-18-29-8/h11-12,14-17,31H,9-10,13,18H2,1-8H3. The molecule has 0 saturated heterocycles. The monoisotopic (exact) mass is 442 g/mol. The number of carbonyl (C=O) groups is 1. The number of benzene rings is 2. The molecule has 0 heterocycles. The molecular formula is C27H39O3P. The minimum atomic E-state index is -0.141. The van der Waals surface area contributed by atoms with Crippen LogP contribution in [-0.4, -0.2) is 20.2 Å². The van der Waals surface area contributed by atoms with Gasteiger partial charge in [0.2, 0.25) is 0 Å². The molecule has 2 unspecified atom stereocenters. The third-order valence-corrected chi connectivity index (χ3v) is 7.63. The Kier molecular flexibility index (Phi) is 8.86. The predicted octanol–water partition coefficient (Wildman–Crippen LogP) is 6.81. The van der Waals surface area contributed by atoms with E-state index in [0.717, 1.165) is 53.3 Å². The van der Waals surface area contributed by atoms with E-state index in [2.05, 4.69) is 65.8 Å². The molecule has 2 rings (SSSR count). The Morgan fingerprint density at radius 2 is 1.77 bits per heavy atom. The summed E-state index contributed by atoms with van der Waals surface area (Å²) in [7, 11) is 2.12. The summed E-state index contributed by atoms with van der Waals surface area (Å²) in [5, 5.41) is 0.980. The molecular weight excluding hydrogens is 403 g/mol. The van der Waals surface area contributed by atoms with Crippen molar-refractivity contribution in [2.24, 2.45) is 0 Å². The van der Waals surface area contributed by atoms with E-state index in [0.29, 0.717) is 8.58 Å². The molecule has 0 amide bonds. The fourth-order valence-corrected chi connectivity index (χ4v) is 5.57. The molecule has 0 N–H and O–H groups in total. The summed E-state index contributed by atoms with van der Waals surface area (Å²) >= 11 is 0. The highest BCUT2D eigenvalue weighted by molar-refractivity contribution is 7.48. The number of hydrogen-bond donors (Lipinski definition) is 0. The van der Waals surface area contributed by atoms with Crippen molar-refractivity contribution < 1.29 is 14.3 Å². The number of carbonyl (C=O) groups excluding carboxylic acids is 1. The first-order valence-corrected chi connectivity index (χ1v) is 12.2. The molecule has 4 heteroatoms. The highest BCUT2D eigenvalue weighted by Crippen LogP contribution is 2.50. The van der Waals surface area contributed by atoms with Gasteiger partial charge in [-0.25, -0.2) is 0 Å². The van der Waals surface area contributed by atoms with Crippen LogP contribution in [0.15, 0.2) is 30.3 Å². The third-order valence-electron chi connectivity index (χ3n) is 5.83. The zero-order valence-electron chi connectivity index (χ0n) is 20.5. The fraction of sp³-hybridized carbons (Fsp3) is 0.519. The van der Waals surface area contributed by atoms with Gasteiger partial charge in [0.1, 0.15) is 5.75 Å². The molecule has 0 aliphatic rings. The van der Waals surface area contributed by atoms with Crippen molar-refractivity contribution in [3.8, 4) is 5.75 Å². The van der Waals surface area contributed by atoms with Gasteiger partial charge >= 0.3 is 0 Å². The molecule has 0 bridgehead atoms. The molecule has 31 heavy (non-hydrogen) atoms. The fourth-order valence-electron chi connectivity index (χ4n) is 3.91. The number of aryl methyl sites for hydroxylation is 2. The maximum absolute atomic E-state index is 11.8. The van der Waals surface area contributed by atoms with Crippen LogP contribution in [-0.2, 0) is 15.3 Å². The van der Waals surface area contributed by atoms with E-state index < -0.39 is 0 Å². The van der Waals surface area contributed by atoms with Gasteiger partial charge < -0.3 is 9.47 Å². The predicted molar refractivity (Wildman–Crippen MR) is 134 cm³/mol. The van der Waals surface area contributed by atoms with Gasteiger partial charge in [-0.15, -0.1) is 0 Å². The number of unbranched alkanes of at least 4 members (excludes halogenated alkanes) is 1. The van der Waals surface area contributed by atoms with E-state index in [1.165, 1.54) is 11.1 Å². The van der Waals surface area contributed by atoms with Crippen LogP contribution in [0.5, 0.6) is 5.75 Å². The first-order chi connectivity index (χ1) is 14.6. The van der Waals surface area contributed by atoms with Crippen LogP contribution in [0.25, 0.3) is 0 Å². The molecule has 2 aromatic rings. The van der Waals surface area contributed by atoms with Crippen LogP contribution in [0.3, 0.4) is 0 Å². The highest BCUT2D eigenvalue weighted by Gasteiger charge is 2.33. The van der Waals surface area contributed by atoms with Crippen molar-refractivity contribution in [1.82, 2.24) is 0 Å². The molecule has 0 saturated carbocycles. The topological polar surface area (TPSA) is 35.5 Å². The van der Waals surface area contributed by atoms with Gasteiger partial charge in [0, 0.05) is 23.4 Å². The minimum absolute atomic E-state index is 0.0336. The van der Waals surface area contributed by atoms with Crippen LogP contribution in [0.2, 0.25) is 0 Å². The van der Waals surface area contributed by atoms with Crippen molar-refractivity contribution in [3.05, 3.63) is 58.1 Å². The van der Waals surface area contributed by atoms with Gasteiger partial charge in [0.25, 0.3) is 0 Å². The maximum Gasteiger partial charge on any atom is 0.188 e. The number of aldehydes is 1. The van der Waals surface area contributed by atoms with E-state index in [-0.39, 0.29) is 17.4 Å². The number of methoxy groups -OCH3 is 1. The summed E-state index contributed by atoms with van der Waals surface area (Å²) in [5.74, 6) is 0.917. The summed E-state index contributed by atoms with van der Waals surface area (Å²) in [6, 6.07) is 10.8. The van der Waals surface area contributed by atoms with E-state index >= 15 is 0 Å². The second-order valence-electron chi connectivity index (χ2n) is 9.74. The zero-order valence-corrected chi connectivity index (χ0v) is 21.5. The molecule has 0 fully saturated rings. The molecule has 2 atom stereocenters. The smallest absolute Gasteiger partial charge is 0.188 e. The van der Waals surface area contributed by atoms with Gasteiger partial charge in [-0.3, -0.25) is 4.79 Å². The van der Waals surface area contributed by atoms with Crippen LogP contribution >= 0.6 is 8.58 Å². The summed E-state index contributed by atoms with van der Waals surface area (Å²) in [6.07, 6.45) is 4.27. The lowest BCUT2D eigenvalue weighted by atomic mass is 9.82. The minimum Gasteiger partial charge on any atom is -0.467 e. The Hall–Kier alpha value is -1.70. The van der Waals surface area contributed by atoms with Crippen molar-refractivity contribution in [2.75, 3.05) is 13.9 Å². The first kappa shape index (κ1) is 25.6. The third kappa shape index (κ3) is 6.40. The van der Waals surface area contributed by atoms with Crippen molar-refractivity contribution in [2.45, 2.75) is 78.3 Å². The Balaban J connectivity index is 2.70. The molecule has 0 aromatic heterocycles. The van der Waals surface area contributed by atoms with Crippen molar-refractivity contribution >= 4 is 20.2 Å². The number of hydrogen-bond acceptors (Lipinski definition) is 3. The Morgan fingerprint density at radius 1 is 1.06 bits per heavy atom. The maximum atomic E-state index is 11.8. The van der Waals surface area contributed by atoms with Gasteiger partial charge in [0.05, 0.1) is 0 Å². The summed E-state index contributed by atoms with van der Waals surface area (Å²) in [4.78, 5) is 11.8. The Labute approximate surface area is 190 Å². The van der Waals surface area contributed by atoms with E-state index in [4.69, 9.17) is 9.47 Å². The summed E-state index contributed by atoms with van der Waals surface area (Å²) < 4.78 is 11.4. The van der Waals surface area contributed by atoms with Crippen molar-refractivity contribution in [3.63, 3.8) is 0 Å². The summed E-state index contributed by atoms with van der Waals surface area (Å²) in [5.41, 5.74) is 5.60. The van der Waals surface area contributed by atoms with Crippen LogP contribution in [0.4, 0.5) is 0 Å². The molecule has 170 valence electrons. The lowest BCUT2D eigenvalue weighted by molar-refractivity contribution is 0.0494. The van der Waals surface area contributed by atoms with Gasteiger partial charge in [-0.2, -0.15) is 0 Å². The summed E-state index contributed by atoms with van der Waals surface area (Å²) in [6.45, 7) is 15.7. The van der Waals surface area contributed by atoms with Gasteiger partial charge in [-0.1, -0.05) is 85.9 Å². The lowest BCUT2D eigenvalue weighted by Gasteiger charge is -2.35. The molecule has 0 aliphatic heterocycles. The second-order valence-corrected chi connectivity index (χ2v) is 11.6. The zero-order chi connectivity index (χ0) is 23.2. The quantitative estimate of drug-likeness (QED) is 0.230. The highest BCUT2D eigenvalue weighted by atomic mass is 31.1. The average molecular weight is 443 g/mol. The average Bonchev–Trinajstić information content (AvgIpc) is 2.71. The van der Waals surface area contributed by atoms with Gasteiger partial charge in [0.15, 0.2) is 13.1 Å². The Morgan fingerprint density at radius 3 is 2.35 bits per heavy atom. The number of rotatable bonds is 10.